The molecule has 0 aliphatic carbocycles. The first-order valence-electron chi connectivity index (χ1n) is 6.06. The van der Waals surface area contributed by atoms with Crippen LogP contribution < -0.4 is 5.32 Å². The molecule has 0 unspecified atom stereocenters. The normalized spacial score (nSPS) is 10.1. The summed E-state index contributed by atoms with van der Waals surface area (Å²) in [6.45, 7) is 4.36. The molecule has 0 aliphatic heterocycles. The molecule has 90 valence electrons. The summed E-state index contributed by atoms with van der Waals surface area (Å²) in [7, 11) is 0. The third-order valence-corrected chi connectivity index (χ3v) is 2.86. The molecule has 2 aromatic carbocycles. The van der Waals surface area contributed by atoms with Crippen LogP contribution in [-0.4, -0.2) is 0 Å². The molecule has 0 aromatic heterocycles. The second-order valence-electron chi connectivity index (χ2n) is 4.59. The second-order valence-corrected chi connectivity index (χ2v) is 4.59. The van der Waals surface area contributed by atoms with Gasteiger partial charge in [0, 0.05) is 11.4 Å². The van der Waals surface area contributed by atoms with Crippen LogP contribution in [0.1, 0.15) is 30.9 Å². The summed E-state index contributed by atoms with van der Waals surface area (Å²) in [5.74, 6) is 0.521. The highest BCUT2D eigenvalue weighted by Gasteiger charge is 2.00. The molecule has 0 saturated heterocycles. The van der Waals surface area contributed by atoms with Gasteiger partial charge in [0.25, 0.3) is 0 Å². The van der Waals surface area contributed by atoms with Crippen molar-refractivity contribution in [2.24, 2.45) is 0 Å². The van der Waals surface area contributed by atoms with Gasteiger partial charge in [0.2, 0.25) is 0 Å². The van der Waals surface area contributed by atoms with E-state index in [0.29, 0.717) is 11.5 Å². The van der Waals surface area contributed by atoms with Gasteiger partial charge >= 0.3 is 0 Å². The van der Waals surface area contributed by atoms with Crippen LogP contribution in [0.15, 0.2) is 48.5 Å². The van der Waals surface area contributed by atoms with E-state index in [-0.39, 0.29) is 0 Å². The fraction of sp³-hybridized carbons (Fsp3) is 0.188. The van der Waals surface area contributed by atoms with Crippen molar-refractivity contribution in [2.75, 3.05) is 5.32 Å². The molecule has 0 fully saturated rings. The fourth-order valence-electron chi connectivity index (χ4n) is 1.77. The van der Waals surface area contributed by atoms with Gasteiger partial charge in [0.1, 0.15) is 0 Å². The third kappa shape index (κ3) is 2.89. The van der Waals surface area contributed by atoms with Crippen LogP contribution >= 0.6 is 0 Å². The van der Waals surface area contributed by atoms with E-state index in [2.05, 4.69) is 43.4 Å². The van der Waals surface area contributed by atoms with Gasteiger partial charge in [-0.3, -0.25) is 0 Å². The van der Waals surface area contributed by atoms with Gasteiger partial charge in [-0.2, -0.15) is 5.26 Å². The molecule has 0 aliphatic rings. The van der Waals surface area contributed by atoms with Gasteiger partial charge < -0.3 is 5.32 Å². The summed E-state index contributed by atoms with van der Waals surface area (Å²) in [6, 6.07) is 18.0. The summed E-state index contributed by atoms with van der Waals surface area (Å²) in [5, 5.41) is 12.1. The van der Waals surface area contributed by atoms with Crippen LogP contribution in [0, 0.1) is 11.3 Å². The van der Waals surface area contributed by atoms with Crippen molar-refractivity contribution in [3.63, 3.8) is 0 Å². The summed E-state index contributed by atoms with van der Waals surface area (Å²) in [5.41, 5.74) is 4.06. The van der Waals surface area contributed by atoms with E-state index in [9.17, 15) is 0 Å². The van der Waals surface area contributed by atoms with Gasteiger partial charge in [-0.15, -0.1) is 0 Å². The van der Waals surface area contributed by atoms with Crippen molar-refractivity contribution in [1.82, 2.24) is 0 Å². The Hall–Kier alpha value is -2.27. The topological polar surface area (TPSA) is 35.8 Å². The summed E-state index contributed by atoms with van der Waals surface area (Å²) < 4.78 is 0. The minimum absolute atomic E-state index is 0.521. The standard InChI is InChI=1S/C16H16N2/c1-12(2)14-4-3-5-16(10-14)18-15-8-6-13(11-17)7-9-15/h3-10,12,18H,1-2H3. The zero-order valence-corrected chi connectivity index (χ0v) is 10.6. The van der Waals surface area contributed by atoms with Crippen LogP contribution in [0.25, 0.3) is 0 Å². The molecule has 0 heterocycles. The molecular formula is C16H16N2. The van der Waals surface area contributed by atoms with Crippen LogP contribution in [-0.2, 0) is 0 Å². The minimum atomic E-state index is 0.521. The van der Waals surface area contributed by atoms with Crippen molar-refractivity contribution < 1.29 is 0 Å². The second kappa shape index (κ2) is 5.37. The Bertz CT molecular complexity index is 562. The molecular weight excluding hydrogens is 220 g/mol. The highest BCUT2D eigenvalue weighted by molar-refractivity contribution is 5.61. The number of nitrogens with one attached hydrogen (secondary N) is 1. The van der Waals surface area contributed by atoms with Gasteiger partial charge in [-0.05, 0) is 47.9 Å². The van der Waals surface area contributed by atoms with Crippen LogP contribution in [0.4, 0.5) is 11.4 Å². The molecule has 0 saturated carbocycles. The largest absolute Gasteiger partial charge is 0.356 e. The first-order valence-corrected chi connectivity index (χ1v) is 6.06. The number of nitriles is 1. The van der Waals surface area contributed by atoms with E-state index in [1.165, 1.54) is 5.56 Å². The van der Waals surface area contributed by atoms with Gasteiger partial charge in [0.15, 0.2) is 0 Å². The molecule has 0 radical (unpaired) electrons. The number of rotatable bonds is 3. The van der Waals surface area contributed by atoms with Gasteiger partial charge in [-0.1, -0.05) is 26.0 Å². The van der Waals surface area contributed by atoms with Crippen molar-refractivity contribution in [3.8, 4) is 6.07 Å². The zero-order chi connectivity index (χ0) is 13.0. The van der Waals surface area contributed by atoms with Crippen molar-refractivity contribution in [3.05, 3.63) is 59.7 Å². The number of nitrogens with zero attached hydrogens (tertiary/aromatic N) is 1. The molecule has 0 spiro atoms. The van der Waals surface area contributed by atoms with Crippen molar-refractivity contribution in [1.29, 1.82) is 5.26 Å². The molecule has 2 heteroatoms. The van der Waals surface area contributed by atoms with E-state index in [0.717, 1.165) is 11.4 Å². The highest BCUT2D eigenvalue weighted by Crippen LogP contribution is 2.21. The number of hydrogen-bond acceptors (Lipinski definition) is 2. The first kappa shape index (κ1) is 12.2. The SMILES string of the molecule is CC(C)c1cccc(Nc2ccc(C#N)cc2)c1. The molecule has 18 heavy (non-hydrogen) atoms. The predicted molar refractivity (Wildman–Crippen MR) is 75.0 cm³/mol. The lowest BCUT2D eigenvalue weighted by Gasteiger charge is -2.10. The van der Waals surface area contributed by atoms with Gasteiger partial charge in [-0.25, -0.2) is 0 Å². The maximum Gasteiger partial charge on any atom is 0.0991 e. The fourth-order valence-corrected chi connectivity index (χ4v) is 1.77. The van der Waals surface area contributed by atoms with E-state index in [4.69, 9.17) is 5.26 Å². The number of benzene rings is 2. The van der Waals surface area contributed by atoms with Crippen LogP contribution in [0.2, 0.25) is 0 Å². The Balaban J connectivity index is 2.18. The first-order chi connectivity index (χ1) is 8.69. The zero-order valence-electron chi connectivity index (χ0n) is 10.6. The maximum absolute atomic E-state index is 8.75. The Kier molecular flexibility index (Phi) is 3.64. The molecule has 2 rings (SSSR count). The number of hydrogen-bond donors (Lipinski definition) is 1. The molecule has 2 aromatic rings. The lowest BCUT2D eigenvalue weighted by molar-refractivity contribution is 0.867. The molecule has 0 amide bonds. The van der Waals surface area contributed by atoms with Gasteiger partial charge in [0.05, 0.1) is 11.6 Å². The summed E-state index contributed by atoms with van der Waals surface area (Å²) in [6.07, 6.45) is 0. The lowest BCUT2D eigenvalue weighted by Crippen LogP contribution is -1.93. The lowest BCUT2D eigenvalue weighted by atomic mass is 10.0. The van der Waals surface area contributed by atoms with Crippen molar-refractivity contribution >= 4 is 11.4 Å². The minimum Gasteiger partial charge on any atom is -0.356 e. The Morgan fingerprint density at radius 3 is 2.33 bits per heavy atom. The highest BCUT2D eigenvalue weighted by atomic mass is 14.9. The van der Waals surface area contributed by atoms with E-state index < -0.39 is 0 Å². The molecule has 0 bridgehead atoms. The predicted octanol–water partition coefficient (Wildman–Crippen LogP) is 4.43. The average Bonchev–Trinajstić information content (AvgIpc) is 2.40. The Labute approximate surface area is 108 Å². The Morgan fingerprint density at radius 2 is 1.72 bits per heavy atom. The molecule has 2 nitrogen and oxygen atoms in total. The molecule has 0 atom stereocenters. The van der Waals surface area contributed by atoms with Crippen LogP contribution in [0.3, 0.4) is 0 Å². The third-order valence-electron chi connectivity index (χ3n) is 2.86. The number of anilines is 2. The average molecular weight is 236 g/mol. The van der Waals surface area contributed by atoms with Crippen molar-refractivity contribution in [2.45, 2.75) is 19.8 Å². The Morgan fingerprint density at radius 1 is 1.00 bits per heavy atom. The summed E-state index contributed by atoms with van der Waals surface area (Å²) >= 11 is 0. The monoisotopic (exact) mass is 236 g/mol. The van der Waals surface area contributed by atoms with Crippen LogP contribution in [0.5, 0.6) is 0 Å². The quantitative estimate of drug-likeness (QED) is 0.856. The van der Waals surface area contributed by atoms with E-state index in [1.807, 2.05) is 30.3 Å². The maximum atomic E-state index is 8.75. The molecule has 1 N–H and O–H groups in total. The van der Waals surface area contributed by atoms with E-state index >= 15 is 0 Å². The smallest absolute Gasteiger partial charge is 0.0991 e. The van der Waals surface area contributed by atoms with E-state index in [1.54, 1.807) is 0 Å². The summed E-state index contributed by atoms with van der Waals surface area (Å²) in [4.78, 5) is 0.